The van der Waals surface area contributed by atoms with Crippen molar-refractivity contribution in [2.24, 2.45) is 0 Å². The Hall–Kier alpha value is -2.31. The predicted octanol–water partition coefficient (Wildman–Crippen LogP) is 9.58. The van der Waals surface area contributed by atoms with Crippen LogP contribution in [0.1, 0.15) is 62.0 Å². The van der Waals surface area contributed by atoms with Crippen molar-refractivity contribution in [2.45, 2.75) is 46.0 Å². The monoisotopic (exact) mass is 628 g/mol. The highest BCUT2D eigenvalue weighted by Crippen LogP contribution is 2.40. The molecule has 0 N–H and O–H groups in total. The zero-order valence-corrected chi connectivity index (χ0v) is 25.7. The highest BCUT2D eigenvalue weighted by atomic mass is 79.9. The second-order valence-electron chi connectivity index (χ2n) is 9.71. The summed E-state index contributed by atoms with van der Waals surface area (Å²) < 4.78 is 8.79. The number of rotatable bonds is 14. The molecule has 4 nitrogen and oxygen atoms in total. The fourth-order valence-corrected chi connectivity index (χ4v) is 6.12. The molecule has 0 unspecified atom stereocenters. The number of carbonyl (C=O) groups excluding carboxylic acids is 1. The topological polar surface area (TPSA) is 34.0 Å². The Balaban J connectivity index is 1.55. The number of pyridine rings is 1. The molecule has 0 fully saturated rings. The molecule has 0 aliphatic carbocycles. The lowest BCUT2D eigenvalue weighted by Crippen LogP contribution is -2.28. The minimum atomic E-state index is -0.168. The maximum Gasteiger partial charge on any atom is 0.210 e. The number of halogens is 3. The largest absolute Gasteiger partial charge is 0.490 e. The molecule has 0 radical (unpaired) electrons. The third-order valence-electron chi connectivity index (χ3n) is 6.84. The lowest BCUT2D eigenvalue weighted by atomic mass is 10.00. The summed E-state index contributed by atoms with van der Waals surface area (Å²) in [6.07, 6.45) is 7.57. The Kier molecular flexibility index (Phi) is 10.9. The van der Waals surface area contributed by atoms with Crippen molar-refractivity contribution in [3.8, 4) is 16.9 Å². The van der Waals surface area contributed by atoms with Crippen LogP contribution in [0.5, 0.6) is 5.75 Å². The Morgan fingerprint density at radius 3 is 2.15 bits per heavy atom. The van der Waals surface area contributed by atoms with Gasteiger partial charge in [-0.25, -0.2) is 0 Å². The second kappa shape index (κ2) is 14.4. The summed E-state index contributed by atoms with van der Waals surface area (Å²) in [5, 5.41) is 0.668. The molecule has 0 bridgehead atoms. The van der Waals surface area contributed by atoms with Gasteiger partial charge in [-0.15, -0.1) is 0 Å². The number of aromatic nitrogens is 1. The highest BCUT2D eigenvalue weighted by molar-refractivity contribution is 9.10. The van der Waals surface area contributed by atoms with Gasteiger partial charge < -0.3 is 14.0 Å². The van der Waals surface area contributed by atoms with Gasteiger partial charge in [-0.1, -0.05) is 86.3 Å². The van der Waals surface area contributed by atoms with E-state index in [1.807, 2.05) is 59.1 Å². The van der Waals surface area contributed by atoms with E-state index in [-0.39, 0.29) is 5.78 Å². The van der Waals surface area contributed by atoms with Crippen LogP contribution >= 0.6 is 39.1 Å². The van der Waals surface area contributed by atoms with Gasteiger partial charge in [0, 0.05) is 23.9 Å². The first-order valence-corrected chi connectivity index (χ1v) is 15.2. The molecule has 206 valence electrons. The third kappa shape index (κ3) is 7.07. The standard InChI is InChI=1S/C32H35BrCl2N2O2/c1-3-5-16-36(17-6-4-2)18-12-20-39-32-25(34)21-24(22-26(32)35)31(38)30-28(23-13-8-7-9-14-23)29(33)27-15-10-11-19-37(27)30/h7-11,13-15,19,21-22H,3-6,12,16-18,20H2,1-2H3. The van der Waals surface area contributed by atoms with E-state index >= 15 is 0 Å². The Bertz CT molecular complexity index is 1370. The lowest BCUT2D eigenvalue weighted by Gasteiger charge is -2.22. The Morgan fingerprint density at radius 2 is 1.51 bits per heavy atom. The first kappa shape index (κ1) is 29.7. The van der Waals surface area contributed by atoms with E-state index in [0.29, 0.717) is 33.7 Å². The van der Waals surface area contributed by atoms with Crippen molar-refractivity contribution in [3.05, 3.63) is 92.6 Å². The zero-order chi connectivity index (χ0) is 27.8. The van der Waals surface area contributed by atoms with Gasteiger partial charge in [-0.05, 0) is 78.1 Å². The highest BCUT2D eigenvalue weighted by Gasteiger charge is 2.25. The van der Waals surface area contributed by atoms with Crippen LogP contribution < -0.4 is 4.74 Å². The molecule has 4 rings (SSSR count). The number of nitrogens with zero attached hydrogens (tertiary/aromatic N) is 2. The number of ether oxygens (including phenoxy) is 1. The van der Waals surface area contributed by atoms with E-state index < -0.39 is 0 Å². The third-order valence-corrected chi connectivity index (χ3v) is 8.21. The molecule has 0 amide bonds. The molecule has 4 aromatic rings. The normalized spacial score (nSPS) is 11.4. The van der Waals surface area contributed by atoms with Crippen LogP contribution in [0.4, 0.5) is 0 Å². The number of unbranched alkanes of at least 4 members (excludes halogenated alkanes) is 2. The van der Waals surface area contributed by atoms with Gasteiger partial charge >= 0.3 is 0 Å². The average molecular weight is 630 g/mol. The van der Waals surface area contributed by atoms with Crippen LogP contribution in [0, 0.1) is 0 Å². The molecule has 2 aromatic heterocycles. The Labute approximate surface area is 250 Å². The van der Waals surface area contributed by atoms with Gasteiger partial charge in [0.25, 0.3) is 0 Å². The van der Waals surface area contributed by atoms with Crippen LogP contribution in [-0.4, -0.2) is 41.3 Å². The summed E-state index contributed by atoms with van der Waals surface area (Å²) in [7, 11) is 0. The second-order valence-corrected chi connectivity index (χ2v) is 11.3. The van der Waals surface area contributed by atoms with Gasteiger partial charge in [0.1, 0.15) is 5.69 Å². The summed E-state index contributed by atoms with van der Waals surface area (Å²) >= 11 is 17.0. The summed E-state index contributed by atoms with van der Waals surface area (Å²) in [6, 6.07) is 19.0. The minimum Gasteiger partial charge on any atom is -0.490 e. The molecular formula is C32H35BrCl2N2O2. The smallest absolute Gasteiger partial charge is 0.210 e. The first-order valence-electron chi connectivity index (χ1n) is 13.7. The van der Waals surface area contributed by atoms with E-state index in [4.69, 9.17) is 27.9 Å². The van der Waals surface area contributed by atoms with Gasteiger partial charge in [0.05, 0.1) is 26.6 Å². The first-order chi connectivity index (χ1) is 19.0. The number of benzene rings is 2. The molecular weight excluding hydrogens is 595 g/mol. The molecule has 0 aliphatic heterocycles. The molecule has 7 heteroatoms. The fourth-order valence-electron chi connectivity index (χ4n) is 4.79. The SMILES string of the molecule is CCCCN(CCCC)CCCOc1c(Cl)cc(C(=O)c2c(-c3ccccc3)c(Br)c3ccccn23)cc1Cl. The van der Waals surface area contributed by atoms with Crippen molar-refractivity contribution in [2.75, 3.05) is 26.2 Å². The Morgan fingerprint density at radius 1 is 0.897 bits per heavy atom. The van der Waals surface area contributed by atoms with Crippen LogP contribution in [-0.2, 0) is 0 Å². The summed E-state index contributed by atoms with van der Waals surface area (Å²) in [5.74, 6) is 0.256. The van der Waals surface area contributed by atoms with Crippen LogP contribution in [0.2, 0.25) is 10.0 Å². The molecule has 39 heavy (non-hydrogen) atoms. The lowest BCUT2D eigenvalue weighted by molar-refractivity contribution is 0.103. The van der Waals surface area contributed by atoms with Crippen LogP contribution in [0.25, 0.3) is 16.6 Å². The van der Waals surface area contributed by atoms with E-state index in [2.05, 4.69) is 34.7 Å². The summed E-state index contributed by atoms with van der Waals surface area (Å²) in [4.78, 5) is 16.5. The number of carbonyl (C=O) groups is 1. The molecule has 2 heterocycles. The molecule has 0 aliphatic rings. The number of hydrogen-bond donors (Lipinski definition) is 0. The fraction of sp³-hybridized carbons (Fsp3) is 0.344. The van der Waals surface area contributed by atoms with E-state index in [0.717, 1.165) is 47.2 Å². The molecule has 0 saturated heterocycles. The van der Waals surface area contributed by atoms with Gasteiger partial charge in [-0.3, -0.25) is 4.79 Å². The van der Waals surface area contributed by atoms with Gasteiger partial charge in [-0.2, -0.15) is 0 Å². The summed E-state index contributed by atoms with van der Waals surface area (Å²) in [6.45, 7) is 8.16. The van der Waals surface area contributed by atoms with Crippen molar-refractivity contribution in [1.29, 1.82) is 0 Å². The zero-order valence-electron chi connectivity index (χ0n) is 22.6. The maximum atomic E-state index is 14.0. The number of ketones is 1. The van der Waals surface area contributed by atoms with E-state index in [1.165, 1.54) is 25.7 Å². The van der Waals surface area contributed by atoms with E-state index in [1.54, 1.807) is 12.1 Å². The van der Waals surface area contributed by atoms with Crippen molar-refractivity contribution >= 4 is 50.4 Å². The quantitative estimate of drug-likeness (QED) is 0.103. The number of fused-ring (bicyclic) bond motifs is 1. The molecule has 2 aromatic carbocycles. The molecule has 0 saturated carbocycles. The molecule has 0 atom stereocenters. The van der Waals surface area contributed by atoms with Crippen molar-refractivity contribution < 1.29 is 9.53 Å². The maximum absolute atomic E-state index is 14.0. The van der Waals surface area contributed by atoms with Crippen LogP contribution in [0.15, 0.2) is 71.3 Å². The molecule has 0 spiro atoms. The number of hydrogen-bond acceptors (Lipinski definition) is 3. The minimum absolute atomic E-state index is 0.168. The van der Waals surface area contributed by atoms with Gasteiger partial charge in [0.2, 0.25) is 5.78 Å². The average Bonchev–Trinajstić information content (AvgIpc) is 3.25. The van der Waals surface area contributed by atoms with Crippen molar-refractivity contribution in [1.82, 2.24) is 9.30 Å². The summed E-state index contributed by atoms with van der Waals surface area (Å²) in [5.41, 5.74) is 3.64. The predicted molar refractivity (Wildman–Crippen MR) is 167 cm³/mol. The van der Waals surface area contributed by atoms with Gasteiger partial charge in [0.15, 0.2) is 5.75 Å². The van der Waals surface area contributed by atoms with Crippen molar-refractivity contribution in [3.63, 3.8) is 0 Å². The van der Waals surface area contributed by atoms with Crippen LogP contribution in [0.3, 0.4) is 0 Å². The van der Waals surface area contributed by atoms with E-state index in [9.17, 15) is 4.79 Å².